The van der Waals surface area contributed by atoms with Gasteiger partial charge in [-0.25, -0.2) is 4.79 Å². The van der Waals surface area contributed by atoms with Crippen LogP contribution < -0.4 is 10.6 Å². The summed E-state index contributed by atoms with van der Waals surface area (Å²) in [6.45, 7) is 17.9. The van der Waals surface area contributed by atoms with Crippen molar-refractivity contribution in [2.75, 3.05) is 46.4 Å². The third-order valence-corrected chi connectivity index (χ3v) is 7.03. The maximum Gasteiger partial charge on any atom is 0.407 e. The number of hydrogen-bond acceptors (Lipinski definition) is 7. The molecule has 11 heteroatoms. The van der Waals surface area contributed by atoms with E-state index in [1.165, 1.54) is 25.7 Å². The van der Waals surface area contributed by atoms with E-state index in [-0.39, 0.29) is 36.4 Å². The molecule has 2 rings (SSSR count). The van der Waals surface area contributed by atoms with E-state index in [1.54, 1.807) is 9.80 Å². The number of likely N-dealkylation sites (tertiary alicyclic amines) is 2. The topological polar surface area (TPSA) is 149 Å². The van der Waals surface area contributed by atoms with Crippen molar-refractivity contribution in [3.05, 3.63) is 12.2 Å². The number of hydrogen-bond donors (Lipinski definition) is 4. The van der Waals surface area contributed by atoms with E-state index >= 15 is 0 Å². The van der Waals surface area contributed by atoms with Crippen molar-refractivity contribution in [3.63, 3.8) is 0 Å². The maximum absolute atomic E-state index is 12.2. The van der Waals surface area contributed by atoms with Crippen LogP contribution in [0.1, 0.15) is 107 Å². The molecule has 258 valence electrons. The van der Waals surface area contributed by atoms with Gasteiger partial charge in [0.15, 0.2) is 0 Å². The lowest BCUT2D eigenvalue weighted by Crippen LogP contribution is -2.47. The summed E-state index contributed by atoms with van der Waals surface area (Å²) in [5, 5.41) is 22.4. The number of carbonyl (C=O) groups is 4. The van der Waals surface area contributed by atoms with Gasteiger partial charge in [-0.15, -0.1) is 0 Å². The third kappa shape index (κ3) is 21.1. The first kappa shape index (κ1) is 43.5. The summed E-state index contributed by atoms with van der Waals surface area (Å²) in [5.74, 6) is -0.292. The molecule has 0 aromatic heterocycles. The highest BCUT2D eigenvalue weighted by Gasteiger charge is 2.34. The number of aliphatic hydroxyl groups excluding tert-OH is 1. The Hall–Kier alpha value is -2.66. The minimum atomic E-state index is -0.833. The average molecular weight is 629 g/mol. The quantitative estimate of drug-likeness (QED) is 0.167. The first-order chi connectivity index (χ1) is 20.8. The highest BCUT2D eigenvalue weighted by Crippen LogP contribution is 2.25. The molecule has 2 fully saturated rings. The smallest absolute Gasteiger partial charge is 0.407 e. The number of aliphatic hydroxyl groups is 1. The van der Waals surface area contributed by atoms with Crippen LogP contribution in [0.15, 0.2) is 12.2 Å². The summed E-state index contributed by atoms with van der Waals surface area (Å²) in [4.78, 5) is 48.6. The second-order valence-electron chi connectivity index (χ2n) is 12.1. The predicted octanol–water partition coefficient (Wildman–Crippen LogP) is 4.83. The molecule has 0 spiro atoms. The fourth-order valence-electron chi connectivity index (χ4n) is 4.59. The van der Waals surface area contributed by atoms with Crippen LogP contribution >= 0.6 is 0 Å². The van der Waals surface area contributed by atoms with Gasteiger partial charge in [-0.1, -0.05) is 73.5 Å². The fraction of sp³-hybridized carbons (Fsp3) is 0.818. The number of amides is 3. The number of rotatable bonds is 13. The molecule has 0 radical (unpaired) electrons. The van der Waals surface area contributed by atoms with Gasteiger partial charge < -0.3 is 35.4 Å². The van der Waals surface area contributed by atoms with Gasteiger partial charge in [-0.05, 0) is 45.1 Å². The first-order valence-electron chi connectivity index (χ1n) is 16.4. The monoisotopic (exact) mass is 628 g/mol. The molecule has 2 saturated heterocycles. The van der Waals surface area contributed by atoms with Crippen LogP contribution in [0.5, 0.6) is 0 Å². The van der Waals surface area contributed by atoms with Crippen LogP contribution in [-0.4, -0.2) is 102 Å². The summed E-state index contributed by atoms with van der Waals surface area (Å²) in [6, 6.07) is -0.163. The van der Waals surface area contributed by atoms with E-state index in [1.807, 2.05) is 41.7 Å². The van der Waals surface area contributed by atoms with Crippen molar-refractivity contribution >= 4 is 23.9 Å². The lowest BCUT2D eigenvalue weighted by atomic mass is 9.88. The number of allylic oxidation sites excluding steroid dienone is 1. The number of carboxylic acid groups (broad SMARTS) is 1. The zero-order chi connectivity index (χ0) is 34.1. The fourth-order valence-corrected chi connectivity index (χ4v) is 4.59. The van der Waals surface area contributed by atoms with Crippen molar-refractivity contribution in [3.8, 4) is 0 Å². The Labute approximate surface area is 267 Å². The normalized spacial score (nSPS) is 17.4. The first-order valence-corrected chi connectivity index (χ1v) is 16.4. The van der Waals surface area contributed by atoms with Gasteiger partial charge in [0.05, 0.1) is 19.2 Å². The number of carbonyl (C=O) groups excluding carboxylic acids is 3. The molecule has 2 aliphatic rings. The Balaban J connectivity index is 0. The Bertz CT molecular complexity index is 825. The van der Waals surface area contributed by atoms with Gasteiger partial charge in [0.25, 0.3) is 5.97 Å². The minimum absolute atomic E-state index is 0.0633. The molecule has 4 N–H and O–H groups in total. The number of aliphatic carboxylic acids is 1. The predicted molar refractivity (Wildman–Crippen MR) is 176 cm³/mol. The van der Waals surface area contributed by atoms with Gasteiger partial charge in [0.2, 0.25) is 11.8 Å². The molecule has 2 heterocycles. The van der Waals surface area contributed by atoms with Crippen LogP contribution in [0.25, 0.3) is 0 Å². The van der Waals surface area contributed by atoms with Gasteiger partial charge in [0.1, 0.15) is 12.6 Å². The minimum Gasteiger partial charge on any atom is -0.481 e. The van der Waals surface area contributed by atoms with E-state index in [4.69, 9.17) is 14.6 Å². The van der Waals surface area contributed by atoms with E-state index in [0.717, 1.165) is 32.7 Å². The van der Waals surface area contributed by atoms with E-state index < -0.39 is 18.2 Å². The summed E-state index contributed by atoms with van der Waals surface area (Å²) >= 11 is 0. The highest BCUT2D eigenvalue weighted by molar-refractivity contribution is 5.82. The molecule has 0 aromatic rings. The molecule has 2 aliphatic heterocycles. The van der Waals surface area contributed by atoms with Crippen molar-refractivity contribution in [1.29, 1.82) is 0 Å². The molecule has 0 aliphatic carbocycles. The van der Waals surface area contributed by atoms with Crippen LogP contribution in [-0.2, 0) is 19.1 Å². The van der Waals surface area contributed by atoms with Gasteiger partial charge in [-0.3, -0.25) is 14.4 Å². The van der Waals surface area contributed by atoms with Crippen LogP contribution in [0.3, 0.4) is 0 Å². The molecule has 0 aromatic carbocycles. The molecule has 2 unspecified atom stereocenters. The van der Waals surface area contributed by atoms with Gasteiger partial charge in [0, 0.05) is 38.4 Å². The largest absolute Gasteiger partial charge is 0.481 e. The van der Waals surface area contributed by atoms with Crippen molar-refractivity contribution in [1.82, 2.24) is 20.4 Å². The van der Waals surface area contributed by atoms with Crippen molar-refractivity contribution in [2.24, 2.45) is 11.3 Å². The Kier molecular flexibility index (Phi) is 25.3. The Morgan fingerprint density at radius 1 is 1.14 bits per heavy atom. The number of alkyl carbamates (subject to hydrolysis) is 1. The van der Waals surface area contributed by atoms with Crippen LogP contribution in [0.4, 0.5) is 4.79 Å². The molecule has 44 heavy (non-hydrogen) atoms. The summed E-state index contributed by atoms with van der Waals surface area (Å²) in [5.41, 5.74) is -0.332. The highest BCUT2D eigenvalue weighted by atomic mass is 16.6. The van der Waals surface area contributed by atoms with E-state index in [0.29, 0.717) is 32.0 Å². The van der Waals surface area contributed by atoms with Crippen LogP contribution in [0, 0.1) is 11.3 Å². The SMILES string of the molecule is CC.CC(=O)O.CC(C)(C)C(CN1CCCC1=O)OC(=O)NCC(=O)N1CCC[C@H]1CO.CCCCC/C=C\C(C)CNC. The van der Waals surface area contributed by atoms with E-state index in [2.05, 4.69) is 36.6 Å². The molecule has 3 atom stereocenters. The molecule has 3 amide bonds. The van der Waals surface area contributed by atoms with Crippen LogP contribution in [0.2, 0.25) is 0 Å². The second-order valence-corrected chi connectivity index (χ2v) is 12.1. The summed E-state index contributed by atoms with van der Waals surface area (Å²) in [7, 11) is 2.00. The number of nitrogens with zero attached hydrogens (tertiary/aromatic N) is 2. The molecular weight excluding hydrogens is 564 g/mol. The number of unbranched alkanes of at least 4 members (excludes halogenated alkanes) is 3. The Morgan fingerprint density at radius 3 is 2.27 bits per heavy atom. The van der Waals surface area contributed by atoms with Crippen molar-refractivity contribution < 1.29 is 34.1 Å². The third-order valence-electron chi connectivity index (χ3n) is 7.03. The molecule has 0 bridgehead atoms. The van der Waals surface area contributed by atoms with Crippen molar-refractivity contribution in [2.45, 2.75) is 119 Å². The van der Waals surface area contributed by atoms with Gasteiger partial charge >= 0.3 is 6.09 Å². The summed E-state index contributed by atoms with van der Waals surface area (Å²) < 4.78 is 5.53. The standard InChI is InChI=1S/C18H31N3O5.C11H23N.C2H4O2.C2H6/c1-18(2,3)14(11-20-8-5-7-15(20)23)26-17(25)19-10-16(24)21-9-4-6-13(21)12-22;1-4-5-6-7-8-9-11(2)10-12-3;1-2(3)4;1-2/h13-14,22H,4-12H2,1-3H3,(H,19,25);8-9,11-12H,4-7,10H2,1-3H3;1H3,(H,3,4);1-2H3/b;9-8-;;/t13-,14?;;;/m0.../s1. The number of nitrogens with one attached hydrogen (secondary N) is 2. The lowest BCUT2D eigenvalue weighted by Gasteiger charge is -2.33. The summed E-state index contributed by atoms with van der Waals surface area (Å²) in [6.07, 6.45) is 11.8. The lowest BCUT2D eigenvalue weighted by molar-refractivity contribution is -0.134. The number of ether oxygens (including phenoxy) is 1. The maximum atomic E-state index is 12.2. The molecule has 0 saturated carbocycles. The molecule has 11 nitrogen and oxygen atoms in total. The Morgan fingerprint density at radius 2 is 1.77 bits per heavy atom. The number of carboxylic acids is 1. The second kappa shape index (κ2) is 25.6. The zero-order valence-electron chi connectivity index (χ0n) is 29.1. The zero-order valence-corrected chi connectivity index (χ0v) is 29.1. The average Bonchev–Trinajstić information content (AvgIpc) is 3.61. The van der Waals surface area contributed by atoms with E-state index in [9.17, 15) is 19.5 Å². The van der Waals surface area contributed by atoms with Gasteiger partial charge in [-0.2, -0.15) is 0 Å². The molecular formula is C33H64N4O7.